The van der Waals surface area contributed by atoms with Crippen LogP contribution in [0.1, 0.15) is 0 Å². The van der Waals surface area contributed by atoms with Gasteiger partial charge in [0.05, 0.1) is 5.69 Å². The van der Waals surface area contributed by atoms with Crippen LogP contribution >= 0.6 is 20.7 Å². The van der Waals surface area contributed by atoms with E-state index in [1.165, 1.54) is 24.3 Å². The van der Waals surface area contributed by atoms with E-state index in [0.717, 1.165) is 25.2 Å². The number of nitrogens with zero attached hydrogens (tertiary/aromatic N) is 1. The minimum absolute atomic E-state index is 0.341. The molecular formula is C8H4FNO2S2. The minimum Gasteiger partial charge on any atom is -0.255 e. The van der Waals surface area contributed by atoms with E-state index in [0.29, 0.717) is 5.69 Å². The minimum atomic E-state index is -0.395. The highest BCUT2D eigenvalue weighted by atomic mass is 32.9. The van der Waals surface area contributed by atoms with Crippen LogP contribution in [0.5, 0.6) is 0 Å². The van der Waals surface area contributed by atoms with Crippen molar-refractivity contribution < 1.29 is 4.39 Å². The third-order valence-electron chi connectivity index (χ3n) is 1.63. The Bertz CT molecular complexity index is 524. The fourth-order valence-corrected chi connectivity index (χ4v) is 2.62. The highest BCUT2D eigenvalue weighted by Gasteiger charge is 2.06. The molecule has 0 amide bonds. The van der Waals surface area contributed by atoms with Crippen molar-refractivity contribution in [1.82, 2.24) is 4.57 Å². The van der Waals surface area contributed by atoms with Gasteiger partial charge < -0.3 is 0 Å². The van der Waals surface area contributed by atoms with E-state index in [4.69, 9.17) is 0 Å². The molecule has 3 nitrogen and oxygen atoms in total. The van der Waals surface area contributed by atoms with Crippen LogP contribution in [0.3, 0.4) is 0 Å². The van der Waals surface area contributed by atoms with Crippen LogP contribution in [-0.4, -0.2) is 4.57 Å². The van der Waals surface area contributed by atoms with Gasteiger partial charge in [0.15, 0.2) is 0 Å². The van der Waals surface area contributed by atoms with Crippen LogP contribution in [0.4, 0.5) is 4.39 Å². The van der Waals surface area contributed by atoms with E-state index in [1.807, 2.05) is 0 Å². The molecule has 0 aliphatic carbocycles. The molecule has 0 radical (unpaired) electrons. The van der Waals surface area contributed by atoms with Gasteiger partial charge in [0, 0.05) is 0 Å². The van der Waals surface area contributed by atoms with E-state index in [1.54, 1.807) is 0 Å². The molecule has 0 saturated heterocycles. The van der Waals surface area contributed by atoms with Gasteiger partial charge in [-0.05, 0) is 44.9 Å². The van der Waals surface area contributed by atoms with Gasteiger partial charge in [0.25, 0.3) is 0 Å². The summed E-state index contributed by atoms with van der Waals surface area (Å²) in [7, 11) is 1.75. The van der Waals surface area contributed by atoms with E-state index in [9.17, 15) is 14.0 Å². The van der Waals surface area contributed by atoms with Crippen molar-refractivity contribution in [2.24, 2.45) is 0 Å². The molecule has 1 heterocycles. The molecule has 6 heteroatoms. The molecule has 2 rings (SSSR count). The number of hydrogen-bond acceptors (Lipinski definition) is 4. The highest BCUT2D eigenvalue weighted by Crippen LogP contribution is 2.06. The lowest BCUT2D eigenvalue weighted by Gasteiger charge is -1.97. The molecule has 0 spiro atoms. The largest absolute Gasteiger partial charge is 0.325 e. The summed E-state index contributed by atoms with van der Waals surface area (Å²) in [6.45, 7) is 0. The molecule has 0 unspecified atom stereocenters. The van der Waals surface area contributed by atoms with Crippen molar-refractivity contribution in [3.63, 3.8) is 0 Å². The molecule has 2 aromatic rings. The molecular weight excluding hydrogens is 225 g/mol. The molecule has 14 heavy (non-hydrogen) atoms. The first-order valence-corrected chi connectivity index (χ1v) is 5.81. The monoisotopic (exact) mass is 229 g/mol. The lowest BCUT2D eigenvalue weighted by molar-refractivity contribution is 0.627. The van der Waals surface area contributed by atoms with Gasteiger partial charge in [0.1, 0.15) is 5.82 Å². The summed E-state index contributed by atoms with van der Waals surface area (Å²) in [5.41, 5.74) is 0.402. The molecule has 0 bridgehead atoms. The zero-order valence-corrected chi connectivity index (χ0v) is 8.40. The fraction of sp³-hybridized carbons (Fsp3) is 0. The van der Waals surface area contributed by atoms with Crippen LogP contribution < -0.4 is 9.75 Å². The topological polar surface area (TPSA) is 39.1 Å². The molecule has 0 aliphatic heterocycles. The van der Waals surface area contributed by atoms with Gasteiger partial charge in [0.2, 0.25) is 0 Å². The molecule has 0 saturated carbocycles. The van der Waals surface area contributed by atoms with Gasteiger partial charge in [-0.25, -0.2) is 8.96 Å². The lowest BCUT2D eigenvalue weighted by Crippen LogP contribution is -2.21. The highest BCUT2D eigenvalue weighted by molar-refractivity contribution is 7.67. The second-order valence-corrected chi connectivity index (χ2v) is 4.54. The van der Waals surface area contributed by atoms with Gasteiger partial charge in [-0.1, -0.05) is 0 Å². The van der Waals surface area contributed by atoms with Crippen LogP contribution in [0.2, 0.25) is 0 Å². The molecule has 1 aromatic heterocycles. The van der Waals surface area contributed by atoms with Crippen molar-refractivity contribution in [3.05, 3.63) is 49.4 Å². The normalized spacial score (nSPS) is 10.4. The zero-order chi connectivity index (χ0) is 10.1. The third kappa shape index (κ3) is 1.53. The Hall–Kier alpha value is -1.27. The van der Waals surface area contributed by atoms with Crippen LogP contribution in [0.25, 0.3) is 5.69 Å². The second-order valence-electron chi connectivity index (χ2n) is 2.51. The second kappa shape index (κ2) is 3.47. The van der Waals surface area contributed by atoms with Crippen LogP contribution in [0, 0.1) is 5.82 Å². The summed E-state index contributed by atoms with van der Waals surface area (Å²) in [6, 6.07) is 5.22. The Labute approximate surface area is 85.1 Å². The number of hydrogen-bond donors (Lipinski definition) is 0. The van der Waals surface area contributed by atoms with E-state index in [2.05, 4.69) is 0 Å². The maximum atomic E-state index is 12.6. The number of aromatic nitrogens is 1. The molecule has 0 fully saturated rings. The van der Waals surface area contributed by atoms with Crippen molar-refractivity contribution in [1.29, 1.82) is 0 Å². The third-order valence-corrected chi connectivity index (χ3v) is 3.47. The Morgan fingerprint density at radius 2 is 1.50 bits per heavy atom. The quantitative estimate of drug-likeness (QED) is 0.694. The van der Waals surface area contributed by atoms with E-state index in [-0.39, 0.29) is 9.75 Å². The van der Waals surface area contributed by atoms with Gasteiger partial charge in [-0.2, -0.15) is 0 Å². The van der Waals surface area contributed by atoms with Crippen molar-refractivity contribution in [2.45, 2.75) is 0 Å². The van der Waals surface area contributed by atoms with Crippen LogP contribution in [0.15, 0.2) is 33.9 Å². The zero-order valence-electron chi connectivity index (χ0n) is 6.77. The summed E-state index contributed by atoms with van der Waals surface area (Å²) in [4.78, 5) is 21.8. The van der Waals surface area contributed by atoms with Crippen molar-refractivity contribution in [2.75, 3.05) is 0 Å². The summed E-state index contributed by atoms with van der Waals surface area (Å²) < 4.78 is 13.6. The predicted octanol–water partition coefficient (Wildman–Crippen LogP) is 1.46. The summed E-state index contributed by atoms with van der Waals surface area (Å²) in [6.07, 6.45) is 0. The molecule has 0 atom stereocenters. The maximum absolute atomic E-state index is 12.6. The Balaban J connectivity index is 2.66. The maximum Gasteiger partial charge on any atom is 0.325 e. The Morgan fingerprint density at radius 3 is 2.00 bits per heavy atom. The number of benzene rings is 1. The average Bonchev–Trinajstić information content (AvgIpc) is 2.49. The molecule has 72 valence electrons. The van der Waals surface area contributed by atoms with Crippen molar-refractivity contribution >= 4 is 20.7 Å². The SMILES string of the molecule is O=c1ssc(=O)n1-c1ccc(F)cc1. The Kier molecular flexibility index (Phi) is 2.30. The van der Waals surface area contributed by atoms with E-state index < -0.39 is 5.82 Å². The summed E-state index contributed by atoms with van der Waals surface area (Å²) in [5.74, 6) is -0.395. The fourth-order valence-electron chi connectivity index (χ4n) is 1.02. The summed E-state index contributed by atoms with van der Waals surface area (Å²) in [5, 5.41) is 0. The molecule has 0 aliphatic rings. The smallest absolute Gasteiger partial charge is 0.255 e. The van der Waals surface area contributed by atoms with Gasteiger partial charge in [-0.3, -0.25) is 9.59 Å². The van der Waals surface area contributed by atoms with Gasteiger partial charge in [-0.15, -0.1) is 0 Å². The first-order valence-electron chi connectivity index (χ1n) is 3.66. The number of rotatable bonds is 1. The average molecular weight is 229 g/mol. The first-order chi connectivity index (χ1) is 6.68. The lowest BCUT2D eigenvalue weighted by atomic mass is 10.3. The van der Waals surface area contributed by atoms with E-state index >= 15 is 0 Å². The first kappa shape index (κ1) is 9.29. The van der Waals surface area contributed by atoms with Crippen LogP contribution in [-0.2, 0) is 0 Å². The summed E-state index contributed by atoms with van der Waals surface area (Å²) >= 11 is 0. The predicted molar refractivity (Wildman–Crippen MR) is 54.0 cm³/mol. The molecule has 1 aromatic carbocycles. The molecule has 0 N–H and O–H groups in total. The standard InChI is InChI=1S/C8H4FNO2S2/c9-5-1-3-6(4-2-5)10-7(11)13-14-8(10)12/h1-4H. The Morgan fingerprint density at radius 1 is 1.00 bits per heavy atom. The van der Waals surface area contributed by atoms with Crippen molar-refractivity contribution in [3.8, 4) is 5.69 Å². The van der Waals surface area contributed by atoms with Gasteiger partial charge >= 0.3 is 9.75 Å². The number of halogens is 1.